The minimum absolute atomic E-state index is 0.539. The molecule has 0 aliphatic rings. The molecule has 0 aliphatic heterocycles. The van der Waals surface area contributed by atoms with E-state index in [1.54, 1.807) is 36.4 Å². The summed E-state index contributed by atoms with van der Waals surface area (Å²) in [6.45, 7) is 0. The summed E-state index contributed by atoms with van der Waals surface area (Å²) in [5, 5.41) is 2.16. The minimum atomic E-state index is -2.33. The third kappa shape index (κ3) is 5.14. The lowest BCUT2D eigenvalue weighted by atomic mass is 10.4. The first kappa shape index (κ1) is 18.6. The van der Waals surface area contributed by atoms with Crippen LogP contribution in [0.5, 0.6) is 0 Å². The molecular formula is C12H6Cl4PS4-. The second kappa shape index (κ2) is 7.92. The molecule has 21 heavy (non-hydrogen) atoms. The summed E-state index contributed by atoms with van der Waals surface area (Å²) >= 11 is 38.4. The molecule has 0 saturated carbocycles. The molecule has 112 valence electrons. The third-order valence-electron chi connectivity index (χ3n) is 2.24. The van der Waals surface area contributed by atoms with Crippen molar-refractivity contribution in [3.05, 3.63) is 56.5 Å². The lowest BCUT2D eigenvalue weighted by Gasteiger charge is -2.28. The van der Waals surface area contributed by atoms with Crippen LogP contribution in [-0.4, -0.2) is 0 Å². The largest absolute Gasteiger partial charge is 0.725 e. The second-order valence-corrected chi connectivity index (χ2v) is 19.3. The molecule has 0 unspecified atom stereocenters. The van der Waals surface area contributed by atoms with Crippen molar-refractivity contribution in [2.75, 3.05) is 0 Å². The fourth-order valence-electron chi connectivity index (χ4n) is 1.38. The van der Waals surface area contributed by atoms with Gasteiger partial charge < -0.3 is 12.2 Å². The van der Waals surface area contributed by atoms with Gasteiger partial charge in [0.05, 0.1) is 20.1 Å². The Balaban J connectivity index is 2.29. The lowest BCUT2D eigenvalue weighted by molar-refractivity contribution is 1.47. The Labute approximate surface area is 161 Å². The van der Waals surface area contributed by atoms with E-state index in [9.17, 15) is 0 Å². The van der Waals surface area contributed by atoms with Crippen LogP contribution in [0, 0.1) is 0 Å². The van der Waals surface area contributed by atoms with E-state index in [0.717, 1.165) is 0 Å². The summed E-state index contributed by atoms with van der Waals surface area (Å²) in [5.74, 6) is 0. The van der Waals surface area contributed by atoms with E-state index >= 15 is 0 Å². The molecule has 0 bridgehead atoms. The molecule has 0 spiro atoms. The topological polar surface area (TPSA) is 0 Å². The average molecular weight is 451 g/mol. The van der Waals surface area contributed by atoms with Crippen LogP contribution in [0.3, 0.4) is 0 Å². The van der Waals surface area contributed by atoms with Gasteiger partial charge in [0.2, 0.25) is 0 Å². The quantitative estimate of drug-likeness (QED) is 0.342. The molecule has 0 aliphatic carbocycles. The van der Waals surface area contributed by atoms with Gasteiger partial charge in [0.25, 0.3) is 0 Å². The van der Waals surface area contributed by atoms with Crippen molar-refractivity contribution in [1.82, 2.24) is 0 Å². The summed E-state index contributed by atoms with van der Waals surface area (Å²) in [7, 11) is 0. The van der Waals surface area contributed by atoms with Gasteiger partial charge in [0, 0.05) is 9.79 Å². The van der Waals surface area contributed by atoms with Gasteiger partial charge in [-0.05, 0) is 24.3 Å². The van der Waals surface area contributed by atoms with E-state index in [1.807, 2.05) is 0 Å². The number of hydrogen-bond acceptors (Lipinski definition) is 4. The van der Waals surface area contributed by atoms with Crippen molar-refractivity contribution >= 4 is 96.9 Å². The average Bonchev–Trinajstić information content (AvgIpc) is 2.39. The Bertz CT molecular complexity index is 624. The van der Waals surface area contributed by atoms with Gasteiger partial charge in [-0.3, -0.25) is 0 Å². The molecule has 0 N–H and O–H groups in total. The summed E-state index contributed by atoms with van der Waals surface area (Å²) in [6.07, 6.45) is 0. The predicted octanol–water partition coefficient (Wildman–Crippen LogP) is 7.96. The Kier molecular flexibility index (Phi) is 7.02. The van der Waals surface area contributed by atoms with Crippen molar-refractivity contribution in [2.24, 2.45) is 0 Å². The monoisotopic (exact) mass is 449 g/mol. The van der Waals surface area contributed by atoms with Crippen LogP contribution in [0.1, 0.15) is 0 Å². The Morgan fingerprint density at radius 1 is 0.762 bits per heavy atom. The molecule has 0 heterocycles. The van der Waals surface area contributed by atoms with Crippen LogP contribution in [0.4, 0.5) is 0 Å². The zero-order valence-electron chi connectivity index (χ0n) is 10.1. The second-order valence-electron chi connectivity index (χ2n) is 3.73. The molecule has 0 fully saturated rings. The molecule has 0 radical (unpaired) electrons. The molecule has 9 heteroatoms. The van der Waals surface area contributed by atoms with Gasteiger partial charge >= 0.3 is 0 Å². The maximum Gasteiger partial charge on any atom is 0.0560 e. The zero-order chi connectivity index (χ0) is 15.6. The van der Waals surface area contributed by atoms with Crippen LogP contribution in [-0.2, 0) is 24.1 Å². The zero-order valence-corrected chi connectivity index (χ0v) is 17.2. The maximum atomic E-state index is 6.16. The Morgan fingerprint density at radius 3 is 1.33 bits per heavy atom. The maximum absolute atomic E-state index is 6.16. The smallest absolute Gasteiger partial charge is 0.0560 e. The highest BCUT2D eigenvalue weighted by Gasteiger charge is 2.15. The number of rotatable bonds is 4. The molecule has 0 saturated heterocycles. The number of benzene rings is 2. The van der Waals surface area contributed by atoms with E-state index in [2.05, 4.69) is 0 Å². The van der Waals surface area contributed by atoms with Gasteiger partial charge in [-0.1, -0.05) is 84.9 Å². The van der Waals surface area contributed by atoms with Crippen LogP contribution in [0.15, 0.2) is 46.2 Å². The molecule has 0 aromatic heterocycles. The normalized spacial score (nSPS) is 11.7. The van der Waals surface area contributed by atoms with Crippen molar-refractivity contribution in [3.8, 4) is 0 Å². The minimum Gasteiger partial charge on any atom is -0.725 e. The Morgan fingerprint density at radius 2 is 1.05 bits per heavy atom. The van der Waals surface area contributed by atoms with Crippen molar-refractivity contribution in [2.45, 2.75) is 9.79 Å². The summed E-state index contributed by atoms with van der Waals surface area (Å²) in [5.41, 5.74) is 0. The SMILES string of the molecule is S=P([S-])(Sc1c(Cl)cccc1Cl)Sc1c(Cl)cccc1Cl. The standard InChI is InChI=1S/C12H7Cl4PS4/c13-7-3-1-4-8(14)11(7)20-17(18,19)21-12-9(15)5-2-6-10(12)16/h1-6H,(H,18,19)/p-1. The molecule has 0 nitrogen and oxygen atoms in total. The van der Waals surface area contributed by atoms with E-state index < -0.39 is 3.64 Å². The first-order valence-corrected chi connectivity index (χ1v) is 13.6. The summed E-state index contributed by atoms with van der Waals surface area (Å²) in [6, 6.07) is 10.6. The fourth-order valence-corrected chi connectivity index (χ4v) is 11.4. The summed E-state index contributed by atoms with van der Waals surface area (Å²) < 4.78 is -2.33. The molecule has 0 amide bonds. The van der Waals surface area contributed by atoms with E-state index in [1.165, 1.54) is 22.8 Å². The summed E-state index contributed by atoms with van der Waals surface area (Å²) in [4.78, 5) is 1.41. The van der Waals surface area contributed by atoms with E-state index in [-0.39, 0.29) is 0 Å². The molecular weight excluding hydrogens is 445 g/mol. The molecule has 2 aromatic rings. The predicted molar refractivity (Wildman–Crippen MR) is 106 cm³/mol. The lowest BCUT2D eigenvalue weighted by Crippen LogP contribution is -1.78. The fraction of sp³-hybridized carbons (Fsp3) is 0. The van der Waals surface area contributed by atoms with Gasteiger partial charge in [0.15, 0.2) is 0 Å². The third-order valence-corrected chi connectivity index (χ3v) is 12.1. The van der Waals surface area contributed by atoms with Gasteiger partial charge in [-0.15, -0.1) is 11.8 Å². The number of halogens is 4. The molecule has 0 atom stereocenters. The van der Waals surface area contributed by atoms with Crippen molar-refractivity contribution in [1.29, 1.82) is 0 Å². The van der Waals surface area contributed by atoms with Crippen molar-refractivity contribution < 1.29 is 0 Å². The number of hydrogen-bond donors (Lipinski definition) is 0. The van der Waals surface area contributed by atoms with Gasteiger partial charge in [0.1, 0.15) is 0 Å². The van der Waals surface area contributed by atoms with Crippen LogP contribution < -0.4 is 0 Å². The first-order valence-electron chi connectivity index (χ1n) is 5.38. The van der Waals surface area contributed by atoms with Gasteiger partial charge in [-0.25, -0.2) is 0 Å². The highest BCUT2D eigenvalue weighted by molar-refractivity contribution is 9.17. The van der Waals surface area contributed by atoms with Crippen LogP contribution in [0.2, 0.25) is 20.1 Å². The first-order chi connectivity index (χ1) is 9.80. The van der Waals surface area contributed by atoms with Crippen molar-refractivity contribution in [3.63, 3.8) is 0 Å². The highest BCUT2D eigenvalue weighted by atomic mass is 35.5. The van der Waals surface area contributed by atoms with Crippen LogP contribution >= 0.6 is 72.8 Å². The van der Waals surface area contributed by atoms with E-state index in [0.29, 0.717) is 29.9 Å². The van der Waals surface area contributed by atoms with E-state index in [4.69, 9.17) is 70.5 Å². The highest BCUT2D eigenvalue weighted by Crippen LogP contribution is 2.74. The molecule has 2 rings (SSSR count). The molecule has 2 aromatic carbocycles. The van der Waals surface area contributed by atoms with Gasteiger partial charge in [-0.2, -0.15) is 0 Å². The van der Waals surface area contributed by atoms with Crippen LogP contribution in [0.25, 0.3) is 0 Å². The Hall–Kier alpha value is 1.30.